The lowest BCUT2D eigenvalue weighted by Crippen LogP contribution is -2.22. The lowest BCUT2D eigenvalue weighted by Gasteiger charge is -2.16. The zero-order valence-electron chi connectivity index (χ0n) is 10.0. The van der Waals surface area contributed by atoms with Gasteiger partial charge in [0.2, 0.25) is 0 Å². The Labute approximate surface area is 102 Å². The molecule has 0 aliphatic heterocycles. The predicted molar refractivity (Wildman–Crippen MR) is 61.1 cm³/mol. The van der Waals surface area contributed by atoms with Crippen molar-refractivity contribution in [3.63, 3.8) is 0 Å². The number of halogens is 3. The lowest BCUT2D eigenvalue weighted by molar-refractivity contribution is -0.141. The molecule has 0 aliphatic rings. The fourth-order valence-electron chi connectivity index (χ4n) is 1.26. The Morgan fingerprint density at radius 3 is 2.56 bits per heavy atom. The highest BCUT2D eigenvalue weighted by Crippen LogP contribution is 2.29. The molecule has 18 heavy (non-hydrogen) atoms. The van der Waals surface area contributed by atoms with Gasteiger partial charge < -0.3 is 11.1 Å². The van der Waals surface area contributed by atoms with Crippen LogP contribution in [0.25, 0.3) is 0 Å². The second-order valence-electron chi connectivity index (χ2n) is 3.91. The number of aromatic nitrogens is 1. The fourth-order valence-corrected chi connectivity index (χ4v) is 1.26. The van der Waals surface area contributed by atoms with Crippen molar-refractivity contribution in [2.24, 2.45) is 5.73 Å². The molecule has 0 spiro atoms. The summed E-state index contributed by atoms with van der Waals surface area (Å²) in [5.74, 6) is -0.950. The maximum absolute atomic E-state index is 12.5. The zero-order valence-corrected chi connectivity index (χ0v) is 10.0. The van der Waals surface area contributed by atoms with E-state index in [0.29, 0.717) is 6.42 Å². The minimum Gasteiger partial charge on any atom is -0.367 e. The molecule has 1 aromatic rings. The first-order valence-corrected chi connectivity index (χ1v) is 5.40. The summed E-state index contributed by atoms with van der Waals surface area (Å²) in [4.78, 5) is 14.5. The SMILES string of the molecule is CCC(C)Nc1nc(C(F)(F)F)ccc1C(N)=O. The monoisotopic (exact) mass is 261 g/mol. The van der Waals surface area contributed by atoms with Crippen molar-refractivity contribution in [1.82, 2.24) is 4.98 Å². The predicted octanol–water partition coefficient (Wildman–Crippen LogP) is 2.41. The molecule has 0 bridgehead atoms. The molecule has 0 aromatic carbocycles. The van der Waals surface area contributed by atoms with Gasteiger partial charge in [-0.2, -0.15) is 13.2 Å². The third kappa shape index (κ3) is 3.35. The van der Waals surface area contributed by atoms with Gasteiger partial charge in [0.1, 0.15) is 11.5 Å². The number of pyridine rings is 1. The van der Waals surface area contributed by atoms with E-state index in [-0.39, 0.29) is 17.4 Å². The van der Waals surface area contributed by atoms with Gasteiger partial charge in [0.25, 0.3) is 5.91 Å². The number of hydrogen-bond acceptors (Lipinski definition) is 3. The number of amides is 1. The molecular formula is C11H14F3N3O. The minimum atomic E-state index is -4.55. The average molecular weight is 261 g/mol. The first-order chi connectivity index (χ1) is 8.25. The molecule has 0 radical (unpaired) electrons. The van der Waals surface area contributed by atoms with Crippen LogP contribution < -0.4 is 11.1 Å². The fraction of sp³-hybridized carbons (Fsp3) is 0.455. The molecule has 1 atom stereocenters. The van der Waals surface area contributed by atoms with Crippen molar-refractivity contribution in [2.45, 2.75) is 32.5 Å². The Balaban J connectivity index is 3.20. The van der Waals surface area contributed by atoms with Crippen molar-refractivity contribution in [1.29, 1.82) is 0 Å². The number of alkyl halides is 3. The Hall–Kier alpha value is -1.79. The summed E-state index contributed by atoms with van der Waals surface area (Å²) >= 11 is 0. The van der Waals surface area contributed by atoms with E-state index >= 15 is 0 Å². The van der Waals surface area contributed by atoms with Crippen molar-refractivity contribution in [3.05, 3.63) is 23.4 Å². The summed E-state index contributed by atoms with van der Waals surface area (Å²) < 4.78 is 37.5. The Morgan fingerprint density at radius 1 is 1.50 bits per heavy atom. The second kappa shape index (κ2) is 5.24. The van der Waals surface area contributed by atoms with Crippen LogP contribution in [0.1, 0.15) is 36.3 Å². The van der Waals surface area contributed by atoms with Gasteiger partial charge in [0, 0.05) is 6.04 Å². The second-order valence-corrected chi connectivity index (χ2v) is 3.91. The highest BCUT2D eigenvalue weighted by Gasteiger charge is 2.33. The average Bonchev–Trinajstić information content (AvgIpc) is 2.27. The van der Waals surface area contributed by atoms with Crippen LogP contribution in [-0.4, -0.2) is 16.9 Å². The van der Waals surface area contributed by atoms with Crippen LogP contribution in [0.4, 0.5) is 19.0 Å². The molecule has 1 amide bonds. The van der Waals surface area contributed by atoms with Crippen LogP contribution in [0.3, 0.4) is 0 Å². The van der Waals surface area contributed by atoms with Crippen molar-refractivity contribution in [3.8, 4) is 0 Å². The Kier molecular flexibility index (Phi) is 4.15. The number of hydrogen-bond donors (Lipinski definition) is 2. The maximum atomic E-state index is 12.5. The minimum absolute atomic E-state index is 0.0525. The van der Waals surface area contributed by atoms with Gasteiger partial charge in [-0.1, -0.05) is 6.92 Å². The van der Waals surface area contributed by atoms with Crippen LogP contribution in [0, 0.1) is 0 Å². The van der Waals surface area contributed by atoms with Gasteiger partial charge in [0.15, 0.2) is 0 Å². The van der Waals surface area contributed by atoms with E-state index in [1.165, 1.54) is 0 Å². The molecule has 0 saturated heterocycles. The van der Waals surface area contributed by atoms with Crippen molar-refractivity contribution in [2.75, 3.05) is 5.32 Å². The van der Waals surface area contributed by atoms with Gasteiger partial charge >= 0.3 is 6.18 Å². The molecule has 1 rings (SSSR count). The van der Waals surface area contributed by atoms with Crippen LogP contribution in [0.2, 0.25) is 0 Å². The summed E-state index contributed by atoms with van der Waals surface area (Å²) in [6, 6.07) is 1.66. The lowest BCUT2D eigenvalue weighted by atomic mass is 10.2. The third-order valence-corrected chi connectivity index (χ3v) is 2.45. The number of carbonyl (C=O) groups excluding carboxylic acids is 1. The summed E-state index contributed by atoms with van der Waals surface area (Å²) in [7, 11) is 0. The maximum Gasteiger partial charge on any atom is 0.433 e. The smallest absolute Gasteiger partial charge is 0.367 e. The summed E-state index contributed by atoms with van der Waals surface area (Å²) in [5.41, 5.74) is 3.98. The van der Waals surface area contributed by atoms with Crippen molar-refractivity contribution >= 4 is 11.7 Å². The number of primary amides is 1. The molecule has 0 aliphatic carbocycles. The summed E-state index contributed by atoms with van der Waals surface area (Å²) in [6.45, 7) is 3.63. The zero-order chi connectivity index (χ0) is 13.9. The van der Waals surface area contributed by atoms with Crippen LogP contribution >= 0.6 is 0 Å². The first kappa shape index (κ1) is 14.3. The van der Waals surface area contributed by atoms with E-state index in [2.05, 4.69) is 10.3 Å². The topological polar surface area (TPSA) is 68.0 Å². The van der Waals surface area contributed by atoms with E-state index in [1.54, 1.807) is 6.92 Å². The molecule has 100 valence electrons. The summed E-state index contributed by atoms with van der Waals surface area (Å²) in [5, 5.41) is 2.74. The van der Waals surface area contributed by atoms with E-state index in [9.17, 15) is 18.0 Å². The number of nitrogens with two attached hydrogens (primary N) is 1. The highest BCUT2D eigenvalue weighted by atomic mass is 19.4. The quantitative estimate of drug-likeness (QED) is 0.874. The number of carbonyl (C=O) groups is 1. The van der Waals surface area contributed by atoms with E-state index in [1.807, 2.05) is 6.92 Å². The third-order valence-electron chi connectivity index (χ3n) is 2.45. The van der Waals surface area contributed by atoms with Crippen LogP contribution in [0.15, 0.2) is 12.1 Å². The number of nitrogens with zero attached hydrogens (tertiary/aromatic N) is 1. The number of anilines is 1. The molecule has 1 unspecified atom stereocenters. The molecule has 0 saturated carbocycles. The van der Waals surface area contributed by atoms with Crippen molar-refractivity contribution < 1.29 is 18.0 Å². The van der Waals surface area contributed by atoms with E-state index in [0.717, 1.165) is 12.1 Å². The van der Waals surface area contributed by atoms with Crippen LogP contribution in [-0.2, 0) is 6.18 Å². The van der Waals surface area contributed by atoms with E-state index < -0.39 is 17.8 Å². The number of rotatable bonds is 4. The molecule has 0 fully saturated rings. The van der Waals surface area contributed by atoms with Crippen LogP contribution in [0.5, 0.6) is 0 Å². The molecule has 4 nitrogen and oxygen atoms in total. The molecule has 1 aromatic heterocycles. The van der Waals surface area contributed by atoms with Gasteiger partial charge in [0.05, 0.1) is 5.56 Å². The molecular weight excluding hydrogens is 247 g/mol. The largest absolute Gasteiger partial charge is 0.433 e. The Morgan fingerprint density at radius 2 is 2.11 bits per heavy atom. The van der Waals surface area contributed by atoms with Gasteiger partial charge in [-0.05, 0) is 25.5 Å². The first-order valence-electron chi connectivity index (χ1n) is 5.40. The summed E-state index contributed by atoms with van der Waals surface area (Å²) in [6.07, 6.45) is -3.88. The molecule has 3 N–H and O–H groups in total. The Bertz CT molecular complexity index is 446. The standard InChI is InChI=1S/C11H14F3N3O/c1-3-6(2)16-10-7(9(15)18)4-5-8(17-10)11(12,13)14/h4-6H,3H2,1-2H3,(H2,15,18)(H,16,17). The van der Waals surface area contributed by atoms with Gasteiger partial charge in [-0.3, -0.25) is 4.79 Å². The normalized spacial score (nSPS) is 13.2. The molecule has 7 heteroatoms. The molecule has 1 heterocycles. The number of nitrogens with one attached hydrogen (secondary N) is 1. The van der Waals surface area contributed by atoms with Gasteiger partial charge in [-0.15, -0.1) is 0 Å². The van der Waals surface area contributed by atoms with Gasteiger partial charge in [-0.25, -0.2) is 4.98 Å². The highest BCUT2D eigenvalue weighted by molar-refractivity contribution is 5.97. The van der Waals surface area contributed by atoms with E-state index in [4.69, 9.17) is 5.73 Å².